The van der Waals surface area contributed by atoms with Crippen LogP contribution < -0.4 is 5.73 Å². The highest BCUT2D eigenvalue weighted by molar-refractivity contribution is 7.10. The summed E-state index contributed by atoms with van der Waals surface area (Å²) in [5.41, 5.74) is 5.63. The third kappa shape index (κ3) is 4.18. The number of piperidine rings is 1. The number of carbonyl (C=O) groups is 1. The van der Waals surface area contributed by atoms with Crippen molar-refractivity contribution in [2.45, 2.75) is 31.7 Å². The van der Waals surface area contributed by atoms with E-state index in [1.54, 1.807) is 11.4 Å². The van der Waals surface area contributed by atoms with Crippen LogP contribution in [0.3, 0.4) is 0 Å². The SMILES string of the molecule is NC(=O)c1csc(CN2CCC(C(O)C(F)(F)F)CC2)c1. The fraction of sp³-hybridized carbons (Fsp3) is 0.615. The summed E-state index contributed by atoms with van der Waals surface area (Å²) < 4.78 is 37.4. The van der Waals surface area contributed by atoms with Crippen molar-refractivity contribution in [3.8, 4) is 0 Å². The first-order chi connectivity index (χ1) is 9.77. The van der Waals surface area contributed by atoms with Crippen molar-refractivity contribution in [1.82, 2.24) is 4.90 Å². The molecule has 118 valence electrons. The summed E-state index contributed by atoms with van der Waals surface area (Å²) in [5, 5.41) is 10.9. The van der Waals surface area contributed by atoms with E-state index in [0.717, 1.165) is 4.88 Å². The van der Waals surface area contributed by atoms with Crippen LogP contribution in [0.15, 0.2) is 11.4 Å². The Morgan fingerprint density at radius 2 is 2.10 bits per heavy atom. The average molecular weight is 322 g/mol. The van der Waals surface area contributed by atoms with E-state index in [1.165, 1.54) is 11.3 Å². The van der Waals surface area contributed by atoms with Gasteiger partial charge in [-0.05, 0) is 37.9 Å². The third-order valence-corrected chi connectivity index (χ3v) is 4.65. The number of likely N-dealkylation sites (tertiary alicyclic amines) is 1. The Bertz CT molecular complexity index is 496. The quantitative estimate of drug-likeness (QED) is 0.891. The molecule has 0 aliphatic carbocycles. The van der Waals surface area contributed by atoms with Gasteiger partial charge in [0, 0.05) is 16.8 Å². The first kappa shape index (κ1) is 16.3. The van der Waals surface area contributed by atoms with Crippen LogP contribution in [-0.4, -0.2) is 41.3 Å². The van der Waals surface area contributed by atoms with Crippen LogP contribution in [-0.2, 0) is 6.54 Å². The minimum Gasteiger partial charge on any atom is -0.383 e. The molecule has 21 heavy (non-hydrogen) atoms. The van der Waals surface area contributed by atoms with Crippen LogP contribution >= 0.6 is 11.3 Å². The summed E-state index contributed by atoms with van der Waals surface area (Å²) in [5.74, 6) is -1.21. The fourth-order valence-corrected chi connectivity index (χ4v) is 3.42. The van der Waals surface area contributed by atoms with Gasteiger partial charge in [-0.15, -0.1) is 11.3 Å². The molecule has 3 N–H and O–H groups in total. The minimum absolute atomic E-state index is 0.314. The molecule has 1 aliphatic heterocycles. The van der Waals surface area contributed by atoms with Crippen LogP contribution in [0.5, 0.6) is 0 Å². The van der Waals surface area contributed by atoms with Gasteiger partial charge in [0.15, 0.2) is 6.10 Å². The van der Waals surface area contributed by atoms with E-state index in [0.29, 0.717) is 38.0 Å². The van der Waals surface area contributed by atoms with Crippen molar-refractivity contribution in [3.05, 3.63) is 21.9 Å². The molecular formula is C13H17F3N2O2S. The molecule has 1 unspecified atom stereocenters. The molecule has 1 amide bonds. The largest absolute Gasteiger partial charge is 0.414 e. The van der Waals surface area contributed by atoms with Gasteiger partial charge < -0.3 is 10.8 Å². The summed E-state index contributed by atoms with van der Waals surface area (Å²) in [6.07, 6.45) is -6.15. The fourth-order valence-electron chi connectivity index (χ4n) is 2.51. The lowest BCUT2D eigenvalue weighted by atomic mass is 9.91. The van der Waals surface area contributed by atoms with Crippen molar-refractivity contribution >= 4 is 17.2 Å². The maximum Gasteiger partial charge on any atom is 0.414 e. The van der Waals surface area contributed by atoms with Crippen molar-refractivity contribution in [2.75, 3.05) is 13.1 Å². The lowest BCUT2D eigenvalue weighted by Crippen LogP contribution is -2.43. The summed E-state index contributed by atoms with van der Waals surface area (Å²) in [6.45, 7) is 1.59. The Morgan fingerprint density at radius 3 is 2.57 bits per heavy atom. The van der Waals surface area contributed by atoms with Gasteiger partial charge in [0.25, 0.3) is 0 Å². The molecule has 1 aromatic rings. The molecule has 2 rings (SSSR count). The van der Waals surface area contributed by atoms with Crippen LogP contribution in [0.25, 0.3) is 0 Å². The molecule has 0 bridgehead atoms. The van der Waals surface area contributed by atoms with E-state index in [1.807, 2.05) is 4.90 Å². The van der Waals surface area contributed by atoms with Crippen molar-refractivity contribution < 1.29 is 23.1 Å². The topological polar surface area (TPSA) is 66.6 Å². The minimum atomic E-state index is -4.54. The molecule has 8 heteroatoms. The van der Waals surface area contributed by atoms with Gasteiger partial charge in [-0.2, -0.15) is 13.2 Å². The lowest BCUT2D eigenvalue weighted by Gasteiger charge is -2.34. The number of carbonyl (C=O) groups excluding carboxylic acids is 1. The third-order valence-electron chi connectivity index (χ3n) is 3.73. The first-order valence-electron chi connectivity index (χ1n) is 6.61. The Balaban J connectivity index is 1.85. The van der Waals surface area contributed by atoms with Crippen LogP contribution in [0.2, 0.25) is 0 Å². The number of hydrogen-bond acceptors (Lipinski definition) is 4. The average Bonchev–Trinajstić information content (AvgIpc) is 2.86. The zero-order valence-electron chi connectivity index (χ0n) is 11.3. The van der Waals surface area contributed by atoms with Gasteiger partial charge in [-0.25, -0.2) is 0 Å². The lowest BCUT2D eigenvalue weighted by molar-refractivity contribution is -0.223. The molecule has 1 fully saturated rings. The highest BCUT2D eigenvalue weighted by Gasteiger charge is 2.44. The predicted molar refractivity (Wildman–Crippen MR) is 72.9 cm³/mol. The molecule has 2 heterocycles. The van der Waals surface area contributed by atoms with Gasteiger partial charge in [0.2, 0.25) is 5.91 Å². The molecule has 1 aliphatic rings. The first-order valence-corrected chi connectivity index (χ1v) is 7.49. The second-order valence-corrected chi connectivity index (χ2v) is 6.26. The normalized spacial score (nSPS) is 19.6. The van der Waals surface area contributed by atoms with Crippen molar-refractivity contribution in [1.29, 1.82) is 0 Å². The zero-order chi connectivity index (χ0) is 15.6. The number of hydrogen-bond donors (Lipinski definition) is 2. The Morgan fingerprint density at radius 1 is 1.48 bits per heavy atom. The number of aliphatic hydroxyl groups is 1. The number of rotatable bonds is 4. The Labute approximate surface area is 124 Å². The van der Waals surface area contributed by atoms with Gasteiger partial charge in [-0.1, -0.05) is 0 Å². The number of nitrogens with zero attached hydrogens (tertiary/aromatic N) is 1. The second-order valence-electron chi connectivity index (χ2n) is 5.27. The monoisotopic (exact) mass is 322 g/mol. The number of alkyl halides is 3. The second kappa shape index (κ2) is 6.33. The predicted octanol–water partition coefficient (Wildman–Crippen LogP) is 1.98. The Hall–Kier alpha value is -1.12. The van der Waals surface area contributed by atoms with Gasteiger partial charge >= 0.3 is 6.18 Å². The van der Waals surface area contributed by atoms with Crippen LogP contribution in [0, 0.1) is 5.92 Å². The Kier molecular flexibility index (Phi) is 4.90. The highest BCUT2D eigenvalue weighted by atomic mass is 32.1. The molecule has 1 atom stereocenters. The molecule has 4 nitrogen and oxygen atoms in total. The molecule has 1 saturated heterocycles. The number of aliphatic hydroxyl groups excluding tert-OH is 1. The standard InChI is InChI=1S/C13H17F3N2O2S/c14-13(15,16)11(19)8-1-3-18(4-2-8)6-10-5-9(7-21-10)12(17)20/h5,7-8,11,19H,1-4,6H2,(H2,17,20). The van der Waals surface area contributed by atoms with E-state index in [2.05, 4.69) is 0 Å². The maximum absolute atomic E-state index is 12.5. The van der Waals surface area contributed by atoms with Gasteiger partial charge in [-0.3, -0.25) is 9.69 Å². The van der Waals surface area contributed by atoms with E-state index >= 15 is 0 Å². The summed E-state index contributed by atoms with van der Waals surface area (Å²) in [7, 11) is 0. The van der Waals surface area contributed by atoms with E-state index in [9.17, 15) is 23.1 Å². The molecule has 0 aromatic carbocycles. The highest BCUT2D eigenvalue weighted by Crippen LogP contribution is 2.32. The molecular weight excluding hydrogens is 305 g/mol. The summed E-state index contributed by atoms with van der Waals surface area (Å²) in [6, 6.07) is 1.71. The summed E-state index contributed by atoms with van der Waals surface area (Å²) in [4.78, 5) is 14.0. The van der Waals surface area contributed by atoms with E-state index in [-0.39, 0.29) is 0 Å². The van der Waals surface area contributed by atoms with Crippen LogP contribution in [0.4, 0.5) is 13.2 Å². The number of halogens is 3. The molecule has 1 aromatic heterocycles. The summed E-state index contributed by atoms with van der Waals surface area (Å²) >= 11 is 1.41. The number of primary amides is 1. The smallest absolute Gasteiger partial charge is 0.383 e. The number of amides is 1. The molecule has 0 spiro atoms. The maximum atomic E-state index is 12.5. The van der Waals surface area contributed by atoms with Gasteiger partial charge in [0.05, 0.1) is 5.56 Å². The number of nitrogens with two attached hydrogens (primary N) is 1. The zero-order valence-corrected chi connectivity index (χ0v) is 12.1. The molecule has 0 radical (unpaired) electrons. The number of thiophene rings is 1. The van der Waals surface area contributed by atoms with E-state index in [4.69, 9.17) is 5.73 Å². The van der Waals surface area contributed by atoms with Crippen molar-refractivity contribution in [2.24, 2.45) is 11.7 Å². The van der Waals surface area contributed by atoms with Crippen molar-refractivity contribution in [3.63, 3.8) is 0 Å². The van der Waals surface area contributed by atoms with Gasteiger partial charge in [0.1, 0.15) is 0 Å². The van der Waals surface area contributed by atoms with E-state index < -0.39 is 24.1 Å². The molecule has 0 saturated carbocycles. The van der Waals surface area contributed by atoms with Crippen LogP contribution in [0.1, 0.15) is 28.1 Å².